The van der Waals surface area contributed by atoms with Gasteiger partial charge in [-0.05, 0) is 0 Å². The fourth-order valence-corrected chi connectivity index (χ4v) is 6.45. The fraction of sp³-hybridized carbons (Fsp3) is 0.0435. The number of rotatable bonds is 4. The second kappa shape index (κ2) is 8.11. The molecule has 0 N–H and O–H groups in total. The molecule has 3 aromatic carbocycles. The van der Waals surface area contributed by atoms with Crippen molar-refractivity contribution < 1.29 is 9.53 Å². The SMILES string of the molecule is COC(=O)c1cccc2c(-c3ccccc3)c([Se]c3ccccc3)c(=O)sc12. The average molecular weight is 451 g/mol. The first-order chi connectivity index (χ1) is 13.7. The topological polar surface area (TPSA) is 43.4 Å². The van der Waals surface area contributed by atoms with Gasteiger partial charge in [0.15, 0.2) is 0 Å². The summed E-state index contributed by atoms with van der Waals surface area (Å²) in [5, 5.41) is 0.909. The Labute approximate surface area is 172 Å². The third kappa shape index (κ3) is 3.52. The molecule has 3 nitrogen and oxygen atoms in total. The van der Waals surface area contributed by atoms with Gasteiger partial charge in [-0.1, -0.05) is 0 Å². The van der Waals surface area contributed by atoms with Crippen LogP contribution in [0.4, 0.5) is 0 Å². The number of hydrogen-bond donors (Lipinski definition) is 0. The molecule has 0 aliphatic rings. The van der Waals surface area contributed by atoms with E-state index < -0.39 is 5.97 Å². The molecule has 0 aliphatic carbocycles. The zero-order valence-corrected chi connectivity index (χ0v) is 17.6. The summed E-state index contributed by atoms with van der Waals surface area (Å²) in [5.41, 5.74) is 2.32. The minimum atomic E-state index is -0.429. The maximum absolute atomic E-state index is 13.2. The van der Waals surface area contributed by atoms with E-state index in [4.69, 9.17) is 4.74 Å². The standard InChI is InChI=1S/C23H16O3SSe/c1-26-22(24)18-14-8-13-17-19(15-9-4-2-5-10-15)21(23(25)27-20(17)18)28-16-11-6-3-7-12-16/h2-14H,1H3. The van der Waals surface area contributed by atoms with E-state index in [9.17, 15) is 9.59 Å². The van der Waals surface area contributed by atoms with Gasteiger partial charge < -0.3 is 0 Å². The number of esters is 1. The summed E-state index contributed by atoms with van der Waals surface area (Å²) >= 11 is 0.983. The van der Waals surface area contributed by atoms with Crippen LogP contribution in [0.2, 0.25) is 0 Å². The van der Waals surface area contributed by atoms with Crippen LogP contribution < -0.4 is 13.7 Å². The summed E-state index contributed by atoms with van der Waals surface area (Å²) in [6.45, 7) is 0. The zero-order chi connectivity index (χ0) is 19.5. The summed E-state index contributed by atoms with van der Waals surface area (Å²) in [6.07, 6.45) is 0. The first-order valence-corrected chi connectivity index (χ1v) is 11.2. The molecule has 0 amide bonds. The Bertz CT molecular complexity index is 1200. The molecule has 0 bridgehead atoms. The third-order valence-corrected chi connectivity index (χ3v) is 7.96. The Balaban J connectivity index is 2.05. The molecule has 138 valence electrons. The Morgan fingerprint density at radius 1 is 0.893 bits per heavy atom. The number of hydrogen-bond acceptors (Lipinski definition) is 4. The zero-order valence-electron chi connectivity index (χ0n) is 15.0. The summed E-state index contributed by atoms with van der Waals surface area (Å²) in [5.74, 6) is -0.429. The summed E-state index contributed by atoms with van der Waals surface area (Å²) < 4.78 is 7.54. The van der Waals surface area contributed by atoms with Crippen molar-refractivity contribution in [2.45, 2.75) is 0 Å². The van der Waals surface area contributed by atoms with Gasteiger partial charge >= 0.3 is 173 Å². The van der Waals surface area contributed by atoms with Gasteiger partial charge in [0.05, 0.1) is 0 Å². The minimum absolute atomic E-state index is 0.00782. The molecule has 1 heterocycles. The van der Waals surface area contributed by atoms with Gasteiger partial charge in [-0.3, -0.25) is 0 Å². The van der Waals surface area contributed by atoms with Crippen LogP contribution in [0.1, 0.15) is 10.4 Å². The molecule has 1 aromatic heterocycles. The van der Waals surface area contributed by atoms with Gasteiger partial charge in [0.2, 0.25) is 0 Å². The van der Waals surface area contributed by atoms with Crippen molar-refractivity contribution in [2.24, 2.45) is 0 Å². The summed E-state index contributed by atoms with van der Waals surface area (Å²) in [7, 11) is 1.36. The van der Waals surface area contributed by atoms with Crippen molar-refractivity contribution in [3.8, 4) is 11.1 Å². The number of benzene rings is 3. The summed E-state index contributed by atoms with van der Waals surface area (Å²) in [4.78, 5) is 25.4. The molecule has 5 heteroatoms. The van der Waals surface area contributed by atoms with Gasteiger partial charge in [0.1, 0.15) is 0 Å². The first-order valence-electron chi connectivity index (χ1n) is 8.65. The van der Waals surface area contributed by atoms with Crippen LogP contribution in [0, 0.1) is 0 Å². The monoisotopic (exact) mass is 452 g/mol. The van der Waals surface area contributed by atoms with Crippen LogP contribution in [-0.4, -0.2) is 28.0 Å². The van der Waals surface area contributed by atoms with E-state index in [1.807, 2.05) is 72.8 Å². The van der Waals surface area contributed by atoms with Crippen LogP contribution in [0.25, 0.3) is 21.2 Å². The molecular formula is C23H16O3SSe. The van der Waals surface area contributed by atoms with Crippen LogP contribution in [0.15, 0.2) is 83.7 Å². The van der Waals surface area contributed by atoms with E-state index in [1.54, 1.807) is 6.07 Å². The molecule has 0 unspecified atom stereocenters. The summed E-state index contributed by atoms with van der Waals surface area (Å²) in [6, 6.07) is 25.5. The Kier molecular flexibility index (Phi) is 5.40. The second-order valence-electron chi connectivity index (χ2n) is 6.05. The Hall–Kier alpha value is -2.72. The fourth-order valence-electron chi connectivity index (χ4n) is 3.07. The van der Waals surface area contributed by atoms with Crippen molar-refractivity contribution in [1.29, 1.82) is 0 Å². The number of ether oxygens (including phenoxy) is 1. The van der Waals surface area contributed by atoms with E-state index >= 15 is 0 Å². The van der Waals surface area contributed by atoms with Gasteiger partial charge in [-0.25, -0.2) is 0 Å². The number of fused-ring (bicyclic) bond motifs is 1. The third-order valence-electron chi connectivity index (χ3n) is 4.32. The number of carbonyl (C=O) groups is 1. The molecule has 4 rings (SSSR count). The second-order valence-corrected chi connectivity index (χ2v) is 9.31. The molecule has 0 fully saturated rings. The average Bonchev–Trinajstić information content (AvgIpc) is 2.74. The number of carbonyl (C=O) groups excluding carboxylic acids is 1. The van der Waals surface area contributed by atoms with Gasteiger partial charge in [-0.15, -0.1) is 0 Å². The van der Waals surface area contributed by atoms with Crippen LogP contribution in [0.3, 0.4) is 0 Å². The number of methoxy groups -OCH3 is 1. The molecule has 4 aromatic rings. The van der Waals surface area contributed by atoms with Crippen molar-refractivity contribution in [1.82, 2.24) is 0 Å². The molecule has 28 heavy (non-hydrogen) atoms. The normalized spacial score (nSPS) is 10.8. The Morgan fingerprint density at radius 2 is 1.57 bits per heavy atom. The van der Waals surface area contributed by atoms with Gasteiger partial charge in [-0.2, -0.15) is 0 Å². The van der Waals surface area contributed by atoms with Gasteiger partial charge in [0, 0.05) is 0 Å². The van der Waals surface area contributed by atoms with Crippen molar-refractivity contribution in [3.63, 3.8) is 0 Å². The molecule has 0 atom stereocenters. The predicted molar refractivity (Wildman–Crippen MR) is 116 cm³/mol. The van der Waals surface area contributed by atoms with Crippen LogP contribution >= 0.6 is 11.3 Å². The maximum atomic E-state index is 13.2. The van der Waals surface area contributed by atoms with E-state index in [1.165, 1.54) is 7.11 Å². The van der Waals surface area contributed by atoms with E-state index in [0.717, 1.165) is 36.8 Å². The molecular weight excluding hydrogens is 435 g/mol. The predicted octanol–water partition coefficient (Wildman–Crippen LogP) is 3.37. The van der Waals surface area contributed by atoms with Crippen LogP contribution in [-0.2, 0) is 4.74 Å². The van der Waals surface area contributed by atoms with Crippen molar-refractivity contribution in [3.05, 3.63) is 94.0 Å². The van der Waals surface area contributed by atoms with Gasteiger partial charge in [0.25, 0.3) is 0 Å². The molecule has 0 radical (unpaired) electrons. The van der Waals surface area contributed by atoms with E-state index in [-0.39, 0.29) is 19.7 Å². The molecule has 0 spiro atoms. The molecule has 0 saturated carbocycles. The molecule has 0 aliphatic heterocycles. The quantitative estimate of drug-likeness (QED) is 0.353. The van der Waals surface area contributed by atoms with E-state index in [2.05, 4.69) is 0 Å². The van der Waals surface area contributed by atoms with Crippen molar-refractivity contribution in [2.75, 3.05) is 7.11 Å². The Morgan fingerprint density at radius 3 is 2.25 bits per heavy atom. The van der Waals surface area contributed by atoms with Crippen molar-refractivity contribution >= 4 is 51.3 Å². The first kappa shape index (κ1) is 18.6. The molecule has 0 saturated heterocycles. The van der Waals surface area contributed by atoms with E-state index in [0.29, 0.717) is 10.3 Å². The van der Waals surface area contributed by atoms with Crippen LogP contribution in [0.5, 0.6) is 0 Å².